The average Bonchev–Trinajstić information content (AvgIpc) is 2.84. The average molecular weight is 317 g/mol. The van der Waals surface area contributed by atoms with Crippen LogP contribution in [0.5, 0.6) is 5.75 Å². The van der Waals surface area contributed by atoms with Crippen LogP contribution in [-0.4, -0.2) is 31.0 Å². The van der Waals surface area contributed by atoms with E-state index in [1.807, 2.05) is 0 Å². The highest BCUT2D eigenvalue weighted by molar-refractivity contribution is 5.96. The number of carbonyl (C=O) groups excluding carboxylic acids is 1. The molecule has 118 valence electrons. The van der Waals surface area contributed by atoms with Gasteiger partial charge >= 0.3 is 6.36 Å². The van der Waals surface area contributed by atoms with Crippen molar-refractivity contribution in [2.75, 3.05) is 11.9 Å². The quantitative estimate of drug-likeness (QED) is 0.837. The maximum Gasteiger partial charge on any atom is 0.573 e. The molecule has 1 aliphatic heterocycles. The van der Waals surface area contributed by atoms with Crippen LogP contribution in [0.3, 0.4) is 0 Å². The van der Waals surface area contributed by atoms with Gasteiger partial charge in [0.05, 0.1) is 11.7 Å². The van der Waals surface area contributed by atoms with E-state index in [2.05, 4.69) is 15.4 Å². The van der Waals surface area contributed by atoms with Crippen LogP contribution in [0, 0.1) is 11.3 Å². The molecule has 0 saturated carbocycles. The third-order valence-electron chi connectivity index (χ3n) is 3.02. The summed E-state index contributed by atoms with van der Waals surface area (Å²) in [6.45, 7) is 0.0282. The largest absolute Gasteiger partial charge is 0.573 e. The van der Waals surface area contributed by atoms with Crippen molar-refractivity contribution in [3.8, 4) is 11.8 Å². The summed E-state index contributed by atoms with van der Waals surface area (Å²) in [5.41, 5.74) is -0.582. The lowest BCUT2D eigenvalue weighted by Crippen LogP contribution is -2.35. The minimum atomic E-state index is -4.96. The molecule has 0 radical (unpaired) electrons. The number of ether oxygens (including phenoxy) is 1. The van der Waals surface area contributed by atoms with Crippen molar-refractivity contribution >= 4 is 11.6 Å². The lowest BCUT2D eigenvalue weighted by Gasteiger charge is -2.15. The highest BCUT2D eigenvalue weighted by atomic mass is 19.4. The number of amides is 1. The summed E-state index contributed by atoms with van der Waals surface area (Å²) in [6.07, 6.45) is -6.15. The van der Waals surface area contributed by atoms with Crippen molar-refractivity contribution in [2.24, 2.45) is 0 Å². The number of nitrogens with zero attached hydrogens (tertiary/aromatic N) is 1. The fourth-order valence-corrected chi connectivity index (χ4v) is 2.07. The maximum atomic E-state index is 13.0. The Labute approximate surface area is 122 Å². The maximum absolute atomic E-state index is 13.0. The smallest absolute Gasteiger partial charge is 0.404 e. The van der Waals surface area contributed by atoms with Crippen LogP contribution < -0.4 is 15.4 Å². The SMILES string of the molecule is N#Cc1c(NC(=O)[C@@H]2C[C@@H](F)CN2)cccc1OC(F)(F)F. The second kappa shape index (κ2) is 6.19. The molecule has 1 saturated heterocycles. The van der Waals surface area contributed by atoms with Gasteiger partial charge in [-0.2, -0.15) is 5.26 Å². The van der Waals surface area contributed by atoms with Gasteiger partial charge in [0.25, 0.3) is 0 Å². The standard InChI is InChI=1S/C13H11F4N3O2/c14-7-4-10(19-6-7)12(21)20-9-2-1-3-11(8(9)5-18)22-13(15,16)17/h1-3,7,10,19H,4,6H2,(H,20,21)/t7-,10+/m1/s1. The molecule has 2 rings (SSSR count). The van der Waals surface area contributed by atoms with Crippen LogP contribution >= 0.6 is 0 Å². The minimum Gasteiger partial charge on any atom is -0.404 e. The zero-order valence-corrected chi connectivity index (χ0v) is 11.1. The van der Waals surface area contributed by atoms with Crippen LogP contribution in [-0.2, 0) is 4.79 Å². The van der Waals surface area contributed by atoms with Crippen LogP contribution in [0.1, 0.15) is 12.0 Å². The van der Waals surface area contributed by atoms with Gasteiger partial charge < -0.3 is 15.4 Å². The molecule has 1 aromatic rings. The fourth-order valence-electron chi connectivity index (χ4n) is 2.07. The molecule has 0 spiro atoms. The number of halogens is 4. The monoisotopic (exact) mass is 317 g/mol. The molecule has 22 heavy (non-hydrogen) atoms. The Kier molecular flexibility index (Phi) is 4.51. The molecular weight excluding hydrogens is 306 g/mol. The van der Waals surface area contributed by atoms with E-state index >= 15 is 0 Å². The number of carbonyl (C=O) groups is 1. The second-order valence-electron chi connectivity index (χ2n) is 4.62. The van der Waals surface area contributed by atoms with E-state index in [4.69, 9.17) is 5.26 Å². The molecule has 1 amide bonds. The predicted octanol–water partition coefficient (Wildman–Crippen LogP) is 2.10. The van der Waals surface area contributed by atoms with E-state index in [1.165, 1.54) is 12.1 Å². The molecule has 1 heterocycles. The molecule has 5 nitrogen and oxygen atoms in total. The minimum absolute atomic E-state index is 0.0282. The van der Waals surface area contributed by atoms with E-state index in [1.54, 1.807) is 6.07 Å². The lowest BCUT2D eigenvalue weighted by molar-refractivity contribution is -0.274. The number of anilines is 1. The van der Waals surface area contributed by atoms with Crippen molar-refractivity contribution in [3.63, 3.8) is 0 Å². The molecular formula is C13H11F4N3O2. The van der Waals surface area contributed by atoms with Crippen LogP contribution in [0.25, 0.3) is 0 Å². The number of alkyl halides is 4. The first-order valence-electron chi connectivity index (χ1n) is 6.27. The van der Waals surface area contributed by atoms with Crippen molar-refractivity contribution < 1.29 is 27.1 Å². The molecule has 0 aromatic heterocycles. The van der Waals surface area contributed by atoms with Crippen molar-refractivity contribution in [1.82, 2.24) is 5.32 Å². The Morgan fingerprint density at radius 2 is 2.18 bits per heavy atom. The normalized spacial score (nSPS) is 21.2. The molecule has 0 aliphatic carbocycles. The first kappa shape index (κ1) is 16.0. The molecule has 2 atom stereocenters. The Hall–Kier alpha value is -2.34. The number of hydrogen-bond donors (Lipinski definition) is 2. The van der Waals surface area contributed by atoms with Gasteiger partial charge in [0.2, 0.25) is 5.91 Å². The molecule has 1 aliphatic rings. The van der Waals surface area contributed by atoms with Gasteiger partial charge in [-0.3, -0.25) is 4.79 Å². The van der Waals surface area contributed by atoms with Crippen LogP contribution in [0.2, 0.25) is 0 Å². The van der Waals surface area contributed by atoms with E-state index in [0.29, 0.717) is 0 Å². The molecule has 0 unspecified atom stereocenters. The number of rotatable bonds is 3. The van der Waals surface area contributed by atoms with Gasteiger partial charge in [0, 0.05) is 13.0 Å². The number of hydrogen-bond acceptors (Lipinski definition) is 4. The number of benzene rings is 1. The molecule has 2 N–H and O–H groups in total. The van der Waals surface area contributed by atoms with Crippen LogP contribution in [0.4, 0.5) is 23.2 Å². The van der Waals surface area contributed by atoms with E-state index < -0.39 is 35.8 Å². The third-order valence-corrected chi connectivity index (χ3v) is 3.02. The lowest BCUT2D eigenvalue weighted by atomic mass is 10.1. The van der Waals surface area contributed by atoms with Gasteiger partial charge in [-0.05, 0) is 12.1 Å². The summed E-state index contributed by atoms with van der Waals surface area (Å²) in [6, 6.07) is 4.20. The van der Waals surface area contributed by atoms with E-state index in [-0.39, 0.29) is 18.7 Å². The van der Waals surface area contributed by atoms with Gasteiger partial charge in [0.1, 0.15) is 23.6 Å². The molecule has 9 heteroatoms. The van der Waals surface area contributed by atoms with Crippen molar-refractivity contribution in [1.29, 1.82) is 5.26 Å². The van der Waals surface area contributed by atoms with Gasteiger partial charge in [-0.15, -0.1) is 13.2 Å². The third kappa shape index (κ3) is 3.85. The summed E-state index contributed by atoms with van der Waals surface area (Å²) in [5, 5.41) is 13.9. The first-order chi connectivity index (χ1) is 10.3. The second-order valence-corrected chi connectivity index (χ2v) is 4.62. The first-order valence-corrected chi connectivity index (χ1v) is 6.27. The number of nitrogens with one attached hydrogen (secondary N) is 2. The highest BCUT2D eigenvalue weighted by Crippen LogP contribution is 2.30. The molecule has 0 bridgehead atoms. The molecule has 1 fully saturated rings. The topological polar surface area (TPSA) is 74.2 Å². The van der Waals surface area contributed by atoms with Gasteiger partial charge in [0.15, 0.2) is 0 Å². The Bertz CT molecular complexity index is 612. The molecule has 1 aromatic carbocycles. The summed E-state index contributed by atoms with van der Waals surface area (Å²) in [4.78, 5) is 11.9. The van der Waals surface area contributed by atoms with Gasteiger partial charge in [-0.1, -0.05) is 6.07 Å². The zero-order chi connectivity index (χ0) is 16.3. The highest BCUT2D eigenvalue weighted by Gasteiger charge is 2.33. The summed E-state index contributed by atoms with van der Waals surface area (Å²) in [5.74, 6) is -1.34. The number of nitriles is 1. The fraction of sp³-hybridized carbons (Fsp3) is 0.385. The van der Waals surface area contributed by atoms with E-state index in [9.17, 15) is 22.4 Å². The Morgan fingerprint density at radius 3 is 2.73 bits per heavy atom. The van der Waals surface area contributed by atoms with Crippen molar-refractivity contribution in [2.45, 2.75) is 25.0 Å². The summed E-state index contributed by atoms with van der Waals surface area (Å²) >= 11 is 0. The zero-order valence-electron chi connectivity index (χ0n) is 11.1. The van der Waals surface area contributed by atoms with Crippen molar-refractivity contribution in [3.05, 3.63) is 23.8 Å². The Morgan fingerprint density at radius 1 is 1.45 bits per heavy atom. The predicted molar refractivity (Wildman–Crippen MR) is 67.8 cm³/mol. The van der Waals surface area contributed by atoms with E-state index in [0.717, 1.165) is 6.07 Å². The van der Waals surface area contributed by atoms with Crippen LogP contribution in [0.15, 0.2) is 18.2 Å². The summed E-state index contributed by atoms with van der Waals surface area (Å²) in [7, 11) is 0. The Balaban J connectivity index is 2.19. The van der Waals surface area contributed by atoms with Gasteiger partial charge in [-0.25, -0.2) is 4.39 Å². The summed E-state index contributed by atoms with van der Waals surface area (Å²) < 4.78 is 53.6.